The van der Waals surface area contributed by atoms with Crippen LogP contribution in [0.1, 0.15) is 47.5 Å². The SMILES string of the molecule is CC(=O)CCC(C)C(=O)SC(C)(C)C. The Morgan fingerprint density at radius 2 is 1.79 bits per heavy atom. The molecule has 2 nitrogen and oxygen atoms in total. The molecule has 0 radical (unpaired) electrons. The van der Waals surface area contributed by atoms with E-state index < -0.39 is 0 Å². The van der Waals surface area contributed by atoms with Gasteiger partial charge in [0.1, 0.15) is 5.78 Å². The molecular formula is C11H20O2S. The van der Waals surface area contributed by atoms with Crippen LogP contribution in [0.15, 0.2) is 0 Å². The smallest absolute Gasteiger partial charge is 0.192 e. The quantitative estimate of drug-likeness (QED) is 0.724. The van der Waals surface area contributed by atoms with Crippen molar-refractivity contribution in [3.8, 4) is 0 Å². The first-order chi connectivity index (χ1) is 6.22. The van der Waals surface area contributed by atoms with E-state index in [9.17, 15) is 9.59 Å². The van der Waals surface area contributed by atoms with Crippen LogP contribution in [0.2, 0.25) is 0 Å². The van der Waals surface area contributed by atoms with Crippen LogP contribution in [0.5, 0.6) is 0 Å². The van der Waals surface area contributed by atoms with Crippen LogP contribution in [0.3, 0.4) is 0 Å². The summed E-state index contributed by atoms with van der Waals surface area (Å²) in [5.41, 5.74) is 0. The maximum Gasteiger partial charge on any atom is 0.192 e. The van der Waals surface area contributed by atoms with Crippen molar-refractivity contribution in [2.24, 2.45) is 5.92 Å². The maximum absolute atomic E-state index is 11.6. The summed E-state index contributed by atoms with van der Waals surface area (Å²) in [6, 6.07) is 0. The molecule has 0 amide bonds. The average molecular weight is 216 g/mol. The van der Waals surface area contributed by atoms with Gasteiger partial charge in [-0.05, 0) is 13.3 Å². The average Bonchev–Trinajstić information content (AvgIpc) is 1.96. The minimum absolute atomic E-state index is 0.0110. The van der Waals surface area contributed by atoms with E-state index in [2.05, 4.69) is 0 Å². The highest BCUT2D eigenvalue weighted by atomic mass is 32.2. The summed E-state index contributed by atoms with van der Waals surface area (Å²) in [5, 5.41) is 0.193. The summed E-state index contributed by atoms with van der Waals surface area (Å²) < 4.78 is -0.0262. The molecule has 1 unspecified atom stereocenters. The van der Waals surface area contributed by atoms with Gasteiger partial charge in [-0.2, -0.15) is 0 Å². The fraction of sp³-hybridized carbons (Fsp3) is 0.818. The van der Waals surface area contributed by atoms with Crippen molar-refractivity contribution >= 4 is 22.7 Å². The first-order valence-electron chi connectivity index (χ1n) is 4.94. The molecule has 0 rings (SSSR count). The van der Waals surface area contributed by atoms with Crippen molar-refractivity contribution in [2.45, 2.75) is 52.2 Å². The van der Waals surface area contributed by atoms with Crippen LogP contribution in [-0.4, -0.2) is 15.6 Å². The molecule has 0 aliphatic rings. The lowest BCUT2D eigenvalue weighted by Gasteiger charge is -2.18. The van der Waals surface area contributed by atoms with Gasteiger partial charge in [0.2, 0.25) is 0 Å². The Balaban J connectivity index is 3.94. The number of hydrogen-bond acceptors (Lipinski definition) is 3. The lowest BCUT2D eigenvalue weighted by Crippen LogP contribution is -2.17. The number of rotatable bonds is 4. The molecule has 0 bridgehead atoms. The van der Waals surface area contributed by atoms with Gasteiger partial charge in [0.25, 0.3) is 0 Å². The second-order valence-corrected chi connectivity index (χ2v) is 6.51. The van der Waals surface area contributed by atoms with Gasteiger partial charge in [0, 0.05) is 17.1 Å². The van der Waals surface area contributed by atoms with Crippen molar-refractivity contribution in [1.29, 1.82) is 0 Å². The zero-order valence-corrected chi connectivity index (χ0v) is 10.5. The van der Waals surface area contributed by atoms with Crippen LogP contribution in [0.4, 0.5) is 0 Å². The molecule has 0 spiro atoms. The van der Waals surface area contributed by atoms with E-state index in [-0.39, 0.29) is 21.6 Å². The first kappa shape index (κ1) is 13.7. The van der Waals surface area contributed by atoms with Gasteiger partial charge in [0.15, 0.2) is 5.12 Å². The number of ketones is 1. The van der Waals surface area contributed by atoms with Crippen LogP contribution < -0.4 is 0 Å². The number of Topliss-reactive ketones (excluding diaryl/α,β-unsaturated/α-hetero) is 1. The minimum Gasteiger partial charge on any atom is -0.300 e. The second kappa shape index (κ2) is 5.54. The third kappa shape index (κ3) is 7.13. The summed E-state index contributed by atoms with van der Waals surface area (Å²) in [7, 11) is 0. The highest BCUT2D eigenvalue weighted by Gasteiger charge is 2.21. The number of hydrogen-bond donors (Lipinski definition) is 0. The molecule has 0 aliphatic carbocycles. The minimum atomic E-state index is -0.0262. The van der Waals surface area contributed by atoms with Crippen LogP contribution in [0.25, 0.3) is 0 Å². The van der Waals surface area contributed by atoms with E-state index in [4.69, 9.17) is 0 Å². The van der Waals surface area contributed by atoms with E-state index in [0.29, 0.717) is 12.8 Å². The van der Waals surface area contributed by atoms with E-state index in [1.807, 2.05) is 27.7 Å². The Bertz CT molecular complexity index is 216. The second-order valence-electron chi connectivity index (χ2n) is 4.68. The molecule has 0 aromatic rings. The molecule has 0 saturated heterocycles. The third-order valence-electron chi connectivity index (χ3n) is 1.74. The predicted molar refractivity (Wildman–Crippen MR) is 61.4 cm³/mol. The van der Waals surface area contributed by atoms with E-state index in [0.717, 1.165) is 0 Å². The molecule has 1 atom stereocenters. The molecule has 0 saturated carbocycles. The van der Waals surface area contributed by atoms with E-state index >= 15 is 0 Å². The van der Waals surface area contributed by atoms with E-state index in [1.165, 1.54) is 11.8 Å². The van der Waals surface area contributed by atoms with Crippen molar-refractivity contribution in [1.82, 2.24) is 0 Å². The maximum atomic E-state index is 11.6. The molecule has 0 aromatic heterocycles. The summed E-state index contributed by atoms with van der Waals surface area (Å²) >= 11 is 1.37. The molecule has 3 heteroatoms. The van der Waals surface area contributed by atoms with Crippen LogP contribution >= 0.6 is 11.8 Å². The highest BCUT2D eigenvalue weighted by molar-refractivity contribution is 8.14. The number of thioether (sulfide) groups is 1. The van der Waals surface area contributed by atoms with Gasteiger partial charge >= 0.3 is 0 Å². The van der Waals surface area contributed by atoms with Gasteiger partial charge in [-0.1, -0.05) is 39.5 Å². The van der Waals surface area contributed by atoms with E-state index in [1.54, 1.807) is 6.92 Å². The standard InChI is InChI=1S/C11H20O2S/c1-8(6-7-9(2)12)10(13)14-11(3,4)5/h8H,6-7H2,1-5H3. The van der Waals surface area contributed by atoms with Crippen molar-refractivity contribution in [2.75, 3.05) is 0 Å². The fourth-order valence-electron chi connectivity index (χ4n) is 0.940. The summed E-state index contributed by atoms with van der Waals surface area (Å²) in [4.78, 5) is 22.4. The Hall–Kier alpha value is -0.310. The molecule has 0 N–H and O–H groups in total. The Morgan fingerprint density at radius 3 is 2.14 bits per heavy atom. The normalized spacial score (nSPS) is 13.8. The van der Waals surface area contributed by atoms with Gasteiger partial charge < -0.3 is 4.79 Å². The summed E-state index contributed by atoms with van der Waals surface area (Å²) in [6.07, 6.45) is 1.19. The lowest BCUT2D eigenvalue weighted by atomic mass is 10.1. The predicted octanol–water partition coefficient (Wildman–Crippen LogP) is 3.05. The topological polar surface area (TPSA) is 34.1 Å². The Kier molecular flexibility index (Phi) is 5.42. The molecule has 0 fully saturated rings. The molecule has 14 heavy (non-hydrogen) atoms. The summed E-state index contributed by atoms with van der Waals surface area (Å²) in [5.74, 6) is 0.147. The zero-order valence-electron chi connectivity index (χ0n) is 9.72. The molecule has 82 valence electrons. The molecule has 0 aliphatic heterocycles. The molecule has 0 aromatic carbocycles. The Labute approximate surface area is 90.8 Å². The molecular weight excluding hydrogens is 196 g/mol. The fourth-order valence-corrected chi connectivity index (χ4v) is 1.86. The largest absolute Gasteiger partial charge is 0.300 e. The van der Waals surface area contributed by atoms with Gasteiger partial charge in [0.05, 0.1) is 0 Å². The monoisotopic (exact) mass is 216 g/mol. The summed E-state index contributed by atoms with van der Waals surface area (Å²) in [6.45, 7) is 9.52. The Morgan fingerprint density at radius 1 is 1.29 bits per heavy atom. The van der Waals surface area contributed by atoms with Crippen LogP contribution in [-0.2, 0) is 9.59 Å². The lowest BCUT2D eigenvalue weighted by molar-refractivity contribution is -0.117. The highest BCUT2D eigenvalue weighted by Crippen LogP contribution is 2.28. The van der Waals surface area contributed by atoms with Crippen molar-refractivity contribution in [3.63, 3.8) is 0 Å². The third-order valence-corrected chi connectivity index (χ3v) is 2.95. The number of carbonyl (C=O) groups is 2. The van der Waals surface area contributed by atoms with Crippen molar-refractivity contribution < 1.29 is 9.59 Å². The van der Waals surface area contributed by atoms with Crippen molar-refractivity contribution in [3.05, 3.63) is 0 Å². The number of carbonyl (C=O) groups excluding carboxylic acids is 2. The first-order valence-corrected chi connectivity index (χ1v) is 5.76. The van der Waals surface area contributed by atoms with Gasteiger partial charge in [-0.25, -0.2) is 0 Å². The van der Waals surface area contributed by atoms with Gasteiger partial charge in [-0.3, -0.25) is 4.79 Å². The van der Waals surface area contributed by atoms with Crippen LogP contribution in [0, 0.1) is 5.92 Å². The zero-order chi connectivity index (χ0) is 11.4. The molecule has 0 heterocycles. The van der Waals surface area contributed by atoms with Gasteiger partial charge in [-0.15, -0.1) is 0 Å².